The predicted octanol–water partition coefficient (Wildman–Crippen LogP) is 1.99. The van der Waals surface area contributed by atoms with Crippen LogP contribution in [-0.4, -0.2) is 18.8 Å². The van der Waals surface area contributed by atoms with Crippen molar-refractivity contribution in [3.63, 3.8) is 0 Å². The average Bonchev–Trinajstić information content (AvgIpc) is 2.17. The Balaban J connectivity index is 1.80. The third-order valence-corrected chi connectivity index (χ3v) is 2.35. The van der Waals surface area contributed by atoms with Crippen LogP contribution in [0, 0.1) is 0 Å². The minimum absolute atomic E-state index is 0.267. The van der Waals surface area contributed by atoms with Gasteiger partial charge in [0, 0.05) is 0 Å². The van der Waals surface area contributed by atoms with E-state index >= 15 is 0 Å². The van der Waals surface area contributed by atoms with Crippen molar-refractivity contribution in [3.05, 3.63) is 35.9 Å². The Kier molecular flexibility index (Phi) is 2.62. The lowest BCUT2D eigenvalue weighted by molar-refractivity contribution is -0.184. The fraction of sp³-hybridized carbons (Fsp3) is 0.455. The van der Waals surface area contributed by atoms with Gasteiger partial charge >= 0.3 is 0 Å². The van der Waals surface area contributed by atoms with Crippen molar-refractivity contribution >= 4 is 0 Å². The Morgan fingerprint density at radius 2 is 2.15 bits per heavy atom. The second-order valence-electron chi connectivity index (χ2n) is 3.37. The van der Waals surface area contributed by atoms with Crippen LogP contribution in [0.2, 0.25) is 0 Å². The Morgan fingerprint density at radius 3 is 2.69 bits per heavy atom. The Bertz CT molecular complexity index is 258. The molecule has 1 fully saturated rings. The number of rotatable bonds is 3. The quantitative estimate of drug-likeness (QED) is 0.704. The summed E-state index contributed by atoms with van der Waals surface area (Å²) in [5.41, 5.74) is 1.22. The normalized spacial score (nSPS) is 26.8. The van der Waals surface area contributed by atoms with E-state index in [2.05, 4.69) is 12.1 Å². The van der Waals surface area contributed by atoms with Gasteiger partial charge in [-0.15, -0.1) is 0 Å². The molecule has 2 unspecified atom stereocenters. The fourth-order valence-corrected chi connectivity index (χ4v) is 1.33. The molecule has 2 nitrogen and oxygen atoms in total. The molecule has 1 aromatic carbocycles. The van der Waals surface area contributed by atoms with E-state index in [1.54, 1.807) is 0 Å². The molecule has 0 N–H and O–H groups in total. The smallest absolute Gasteiger partial charge is 0.107 e. The third-order valence-electron chi connectivity index (χ3n) is 2.35. The van der Waals surface area contributed by atoms with Crippen LogP contribution in [0.3, 0.4) is 0 Å². The summed E-state index contributed by atoms with van der Waals surface area (Å²) in [5, 5.41) is 0. The maximum Gasteiger partial charge on any atom is 0.107 e. The van der Waals surface area contributed by atoms with Crippen LogP contribution in [-0.2, 0) is 16.1 Å². The average molecular weight is 178 g/mol. The molecule has 0 radical (unpaired) electrons. The van der Waals surface area contributed by atoms with Crippen LogP contribution in [0.25, 0.3) is 0 Å². The Morgan fingerprint density at radius 1 is 1.38 bits per heavy atom. The van der Waals surface area contributed by atoms with Crippen LogP contribution in [0.15, 0.2) is 30.3 Å². The van der Waals surface area contributed by atoms with E-state index in [1.165, 1.54) is 5.56 Å². The SMILES string of the molecule is CC1OCC1OCc1ccccc1. The predicted molar refractivity (Wildman–Crippen MR) is 50.4 cm³/mol. The molecule has 0 saturated carbocycles. The standard InChI is InChI=1S/C11H14O2/c1-9-11(8-12-9)13-7-10-5-3-2-4-6-10/h2-6,9,11H,7-8H2,1H3. The number of hydrogen-bond acceptors (Lipinski definition) is 2. The first kappa shape index (κ1) is 8.73. The summed E-state index contributed by atoms with van der Waals surface area (Å²) in [6.07, 6.45) is 0.559. The van der Waals surface area contributed by atoms with Gasteiger partial charge in [0.15, 0.2) is 0 Å². The second kappa shape index (κ2) is 3.90. The van der Waals surface area contributed by atoms with Gasteiger partial charge in [-0.3, -0.25) is 0 Å². The van der Waals surface area contributed by atoms with Crippen molar-refractivity contribution in [1.82, 2.24) is 0 Å². The maximum absolute atomic E-state index is 5.65. The highest BCUT2D eigenvalue weighted by Gasteiger charge is 2.28. The summed E-state index contributed by atoms with van der Waals surface area (Å²) in [6.45, 7) is 3.48. The van der Waals surface area contributed by atoms with E-state index in [1.807, 2.05) is 25.1 Å². The lowest BCUT2D eigenvalue weighted by atomic mass is 10.1. The van der Waals surface area contributed by atoms with Crippen LogP contribution in [0.1, 0.15) is 12.5 Å². The molecule has 1 aromatic rings. The van der Waals surface area contributed by atoms with Gasteiger partial charge in [0.05, 0.1) is 19.3 Å². The first-order valence-electron chi connectivity index (χ1n) is 4.63. The van der Waals surface area contributed by atoms with Gasteiger partial charge in [-0.05, 0) is 12.5 Å². The molecule has 0 aromatic heterocycles. The first-order chi connectivity index (χ1) is 6.36. The molecule has 1 heterocycles. The molecular weight excluding hydrogens is 164 g/mol. The first-order valence-corrected chi connectivity index (χ1v) is 4.63. The highest BCUT2D eigenvalue weighted by Crippen LogP contribution is 2.16. The minimum atomic E-state index is 0.267. The zero-order valence-electron chi connectivity index (χ0n) is 7.77. The van der Waals surface area contributed by atoms with Gasteiger partial charge < -0.3 is 9.47 Å². The summed E-state index contributed by atoms with van der Waals surface area (Å²) in [4.78, 5) is 0. The molecule has 1 aliphatic rings. The van der Waals surface area contributed by atoms with Crippen molar-refractivity contribution in [2.45, 2.75) is 25.7 Å². The zero-order valence-corrected chi connectivity index (χ0v) is 7.77. The van der Waals surface area contributed by atoms with Crippen LogP contribution >= 0.6 is 0 Å². The Hall–Kier alpha value is -0.860. The highest BCUT2D eigenvalue weighted by atomic mass is 16.6. The van der Waals surface area contributed by atoms with Crippen molar-refractivity contribution in [1.29, 1.82) is 0 Å². The van der Waals surface area contributed by atoms with Crippen LogP contribution in [0.5, 0.6) is 0 Å². The molecule has 13 heavy (non-hydrogen) atoms. The third kappa shape index (κ3) is 2.08. The molecule has 0 bridgehead atoms. The summed E-state index contributed by atoms with van der Waals surface area (Å²) in [7, 11) is 0. The van der Waals surface area contributed by atoms with Crippen molar-refractivity contribution in [3.8, 4) is 0 Å². The number of benzene rings is 1. The van der Waals surface area contributed by atoms with Crippen LogP contribution < -0.4 is 0 Å². The lowest BCUT2D eigenvalue weighted by Gasteiger charge is -2.33. The molecule has 1 aliphatic heterocycles. The van der Waals surface area contributed by atoms with Crippen molar-refractivity contribution < 1.29 is 9.47 Å². The fourth-order valence-electron chi connectivity index (χ4n) is 1.33. The molecule has 0 spiro atoms. The largest absolute Gasteiger partial charge is 0.373 e. The monoisotopic (exact) mass is 178 g/mol. The molecule has 2 rings (SSSR count). The van der Waals surface area contributed by atoms with Crippen LogP contribution in [0.4, 0.5) is 0 Å². The van der Waals surface area contributed by atoms with Gasteiger partial charge in [-0.25, -0.2) is 0 Å². The minimum Gasteiger partial charge on any atom is -0.373 e. The van der Waals surface area contributed by atoms with E-state index < -0.39 is 0 Å². The summed E-state index contributed by atoms with van der Waals surface area (Å²) in [6, 6.07) is 10.2. The van der Waals surface area contributed by atoms with E-state index in [4.69, 9.17) is 9.47 Å². The second-order valence-corrected chi connectivity index (χ2v) is 3.37. The van der Waals surface area contributed by atoms with E-state index in [0.29, 0.717) is 12.7 Å². The van der Waals surface area contributed by atoms with E-state index in [-0.39, 0.29) is 6.10 Å². The van der Waals surface area contributed by atoms with Gasteiger partial charge in [-0.1, -0.05) is 30.3 Å². The highest BCUT2D eigenvalue weighted by molar-refractivity contribution is 5.13. The molecule has 0 aliphatic carbocycles. The van der Waals surface area contributed by atoms with Crippen molar-refractivity contribution in [2.75, 3.05) is 6.61 Å². The van der Waals surface area contributed by atoms with Crippen molar-refractivity contribution in [2.24, 2.45) is 0 Å². The van der Waals surface area contributed by atoms with Gasteiger partial charge in [0.2, 0.25) is 0 Å². The molecule has 1 saturated heterocycles. The Labute approximate surface area is 78.5 Å². The maximum atomic E-state index is 5.65. The van der Waals surface area contributed by atoms with Gasteiger partial charge in [0.1, 0.15) is 6.10 Å². The molecule has 0 amide bonds. The summed E-state index contributed by atoms with van der Waals surface area (Å²) >= 11 is 0. The molecule has 2 atom stereocenters. The van der Waals surface area contributed by atoms with Gasteiger partial charge in [0.25, 0.3) is 0 Å². The van der Waals surface area contributed by atoms with E-state index in [0.717, 1.165) is 6.61 Å². The lowest BCUT2D eigenvalue weighted by Crippen LogP contribution is -2.44. The number of hydrogen-bond donors (Lipinski definition) is 0. The summed E-state index contributed by atoms with van der Waals surface area (Å²) in [5.74, 6) is 0. The molecule has 2 heteroatoms. The summed E-state index contributed by atoms with van der Waals surface area (Å²) < 4.78 is 10.9. The zero-order chi connectivity index (χ0) is 9.10. The number of ether oxygens (including phenoxy) is 2. The van der Waals surface area contributed by atoms with E-state index in [9.17, 15) is 0 Å². The topological polar surface area (TPSA) is 18.5 Å². The molecule has 70 valence electrons. The van der Waals surface area contributed by atoms with Gasteiger partial charge in [-0.2, -0.15) is 0 Å². The molecular formula is C11H14O2.